The quantitative estimate of drug-likeness (QED) is 0.613. The first-order valence-electron chi connectivity index (χ1n) is 9.78. The van der Waals surface area contributed by atoms with Gasteiger partial charge in [0, 0.05) is 18.5 Å². The van der Waals surface area contributed by atoms with Crippen LogP contribution in [0.2, 0.25) is 0 Å². The molecule has 0 unspecified atom stereocenters. The minimum Gasteiger partial charge on any atom is -0.324 e. The molecule has 1 N–H and O–H groups in total. The highest BCUT2D eigenvalue weighted by Crippen LogP contribution is 2.32. The van der Waals surface area contributed by atoms with Gasteiger partial charge in [0.25, 0.3) is 0 Å². The lowest BCUT2D eigenvalue weighted by Crippen LogP contribution is -2.47. The highest BCUT2D eigenvalue weighted by atomic mass is 16.2. The predicted octanol–water partition coefficient (Wildman–Crippen LogP) is 1.48. The Balaban J connectivity index is 1.59. The van der Waals surface area contributed by atoms with Crippen LogP contribution in [0.1, 0.15) is 39.0 Å². The fourth-order valence-corrected chi connectivity index (χ4v) is 4.33. The fourth-order valence-electron chi connectivity index (χ4n) is 4.33. The summed E-state index contributed by atoms with van der Waals surface area (Å²) in [5, 5.41) is 2.76. The van der Waals surface area contributed by atoms with Gasteiger partial charge in [0.2, 0.25) is 11.8 Å². The first kappa shape index (κ1) is 19.1. The third kappa shape index (κ3) is 3.26. The van der Waals surface area contributed by atoms with E-state index in [1.54, 1.807) is 31.2 Å². The average molecular weight is 398 g/mol. The molecule has 1 aromatic rings. The van der Waals surface area contributed by atoms with Gasteiger partial charge < -0.3 is 10.2 Å². The van der Waals surface area contributed by atoms with Gasteiger partial charge in [-0.3, -0.25) is 24.1 Å². The van der Waals surface area contributed by atoms with Gasteiger partial charge in [-0.05, 0) is 31.9 Å². The topological polar surface area (TPSA) is 107 Å². The molecule has 29 heavy (non-hydrogen) atoms. The molecule has 1 aliphatic carbocycles. The monoisotopic (exact) mass is 398 g/mol. The number of rotatable bonds is 3. The van der Waals surface area contributed by atoms with Gasteiger partial charge in [-0.2, -0.15) is 0 Å². The molecule has 4 rings (SSSR count). The summed E-state index contributed by atoms with van der Waals surface area (Å²) in [4.78, 5) is 65.9. The van der Waals surface area contributed by atoms with E-state index in [2.05, 4.69) is 5.32 Å². The lowest BCUT2D eigenvalue weighted by atomic mass is 10.1. The maximum Gasteiger partial charge on any atom is 0.334 e. The Morgan fingerprint density at radius 1 is 1.07 bits per heavy atom. The van der Waals surface area contributed by atoms with Crippen LogP contribution in [0.25, 0.3) is 0 Å². The van der Waals surface area contributed by atoms with Crippen molar-refractivity contribution >= 4 is 41.0 Å². The Morgan fingerprint density at radius 3 is 2.48 bits per heavy atom. The predicted molar refractivity (Wildman–Crippen MR) is 103 cm³/mol. The van der Waals surface area contributed by atoms with Crippen LogP contribution in [0.15, 0.2) is 24.3 Å². The summed E-state index contributed by atoms with van der Waals surface area (Å²) in [6.45, 7) is 1.18. The third-order valence-electron chi connectivity index (χ3n) is 5.70. The molecule has 1 saturated carbocycles. The number of fused-ring (bicyclic) bond motifs is 1. The van der Waals surface area contributed by atoms with Gasteiger partial charge in [-0.25, -0.2) is 9.69 Å². The molecule has 152 valence electrons. The SMILES string of the molecule is C[C@@H]1CC(=O)Nc2ccccc2N1C(=O)CN1C(=O)C(=O)N(C2CCCC2)C1=O. The van der Waals surface area contributed by atoms with Crippen LogP contribution < -0.4 is 10.2 Å². The third-order valence-corrected chi connectivity index (χ3v) is 5.70. The number of urea groups is 1. The zero-order valence-electron chi connectivity index (χ0n) is 16.1. The number of carbonyl (C=O) groups is 5. The maximum absolute atomic E-state index is 13.1. The number of hydrogen-bond acceptors (Lipinski definition) is 5. The summed E-state index contributed by atoms with van der Waals surface area (Å²) in [6.07, 6.45) is 3.24. The van der Waals surface area contributed by atoms with Crippen molar-refractivity contribution < 1.29 is 24.0 Å². The van der Waals surface area contributed by atoms with Crippen molar-refractivity contribution in [3.8, 4) is 0 Å². The highest BCUT2D eigenvalue weighted by Gasteiger charge is 2.49. The van der Waals surface area contributed by atoms with Gasteiger partial charge in [0.05, 0.1) is 11.4 Å². The first-order chi connectivity index (χ1) is 13.9. The Labute approximate surface area is 167 Å². The van der Waals surface area contributed by atoms with Crippen LogP contribution in [-0.2, 0) is 19.2 Å². The Bertz CT molecular complexity index is 908. The number of nitrogens with one attached hydrogen (secondary N) is 1. The molecule has 1 saturated heterocycles. The Morgan fingerprint density at radius 2 is 1.76 bits per heavy atom. The van der Waals surface area contributed by atoms with Gasteiger partial charge in [0.1, 0.15) is 6.54 Å². The Kier molecular flexibility index (Phi) is 4.81. The summed E-state index contributed by atoms with van der Waals surface area (Å²) in [5.74, 6) is -2.59. The van der Waals surface area contributed by atoms with Crippen molar-refractivity contribution in [2.24, 2.45) is 0 Å². The molecule has 0 radical (unpaired) electrons. The molecule has 9 nitrogen and oxygen atoms in total. The van der Waals surface area contributed by atoms with Gasteiger partial charge in [-0.15, -0.1) is 0 Å². The first-order valence-corrected chi connectivity index (χ1v) is 9.78. The second-order valence-corrected chi connectivity index (χ2v) is 7.67. The summed E-state index contributed by atoms with van der Waals surface area (Å²) >= 11 is 0. The minimum absolute atomic E-state index is 0.0788. The molecule has 3 aliphatic rings. The molecular formula is C20H22N4O5. The molecule has 9 heteroatoms. The number of imide groups is 2. The highest BCUT2D eigenvalue weighted by molar-refractivity contribution is 6.45. The standard InChI is InChI=1S/C20H22N4O5/c1-12-10-16(25)21-14-8-4-5-9-15(14)23(12)17(26)11-22-18(27)19(28)24(20(22)29)13-6-2-3-7-13/h4-5,8-9,12-13H,2-3,6-7,10-11H2,1H3,(H,21,25)/t12-/m1/s1. The van der Waals surface area contributed by atoms with Gasteiger partial charge >= 0.3 is 17.8 Å². The average Bonchev–Trinajstić information content (AvgIpc) is 3.23. The van der Waals surface area contributed by atoms with Crippen molar-refractivity contribution in [2.45, 2.75) is 51.1 Å². The zero-order chi connectivity index (χ0) is 20.7. The van der Waals surface area contributed by atoms with Crippen molar-refractivity contribution in [1.29, 1.82) is 0 Å². The van der Waals surface area contributed by atoms with Crippen LogP contribution in [0, 0.1) is 0 Å². The van der Waals surface area contributed by atoms with E-state index in [0.29, 0.717) is 24.2 Å². The second-order valence-electron chi connectivity index (χ2n) is 7.67. The fraction of sp³-hybridized carbons (Fsp3) is 0.450. The van der Waals surface area contributed by atoms with E-state index in [9.17, 15) is 24.0 Å². The van der Waals surface area contributed by atoms with Crippen molar-refractivity contribution in [3.05, 3.63) is 24.3 Å². The smallest absolute Gasteiger partial charge is 0.324 e. The van der Waals surface area contributed by atoms with Crippen molar-refractivity contribution in [1.82, 2.24) is 9.80 Å². The number of carbonyl (C=O) groups excluding carboxylic acids is 5. The molecule has 2 heterocycles. The minimum atomic E-state index is -0.972. The van der Waals surface area contributed by atoms with E-state index < -0.39 is 36.3 Å². The maximum atomic E-state index is 13.1. The lowest BCUT2D eigenvalue weighted by Gasteiger charge is -2.29. The van der Waals surface area contributed by atoms with E-state index in [-0.39, 0.29) is 18.4 Å². The van der Waals surface area contributed by atoms with Gasteiger partial charge in [-0.1, -0.05) is 25.0 Å². The molecule has 6 amide bonds. The van der Waals surface area contributed by atoms with E-state index in [4.69, 9.17) is 0 Å². The largest absolute Gasteiger partial charge is 0.334 e. The van der Waals surface area contributed by atoms with Crippen LogP contribution in [0.4, 0.5) is 16.2 Å². The summed E-state index contributed by atoms with van der Waals surface area (Å²) < 4.78 is 0. The molecule has 0 spiro atoms. The molecule has 1 atom stereocenters. The van der Waals surface area contributed by atoms with Crippen molar-refractivity contribution in [2.75, 3.05) is 16.8 Å². The van der Waals surface area contributed by atoms with Crippen molar-refractivity contribution in [3.63, 3.8) is 0 Å². The Hall–Kier alpha value is -3.23. The van der Waals surface area contributed by atoms with E-state index in [0.717, 1.165) is 22.6 Å². The van der Waals surface area contributed by atoms with Crippen LogP contribution in [-0.4, -0.2) is 58.1 Å². The zero-order valence-corrected chi connectivity index (χ0v) is 16.1. The van der Waals surface area contributed by atoms with E-state index in [1.165, 1.54) is 4.90 Å². The number of nitrogens with zero attached hydrogens (tertiary/aromatic N) is 3. The van der Waals surface area contributed by atoms with Crippen LogP contribution in [0.5, 0.6) is 0 Å². The molecule has 2 fully saturated rings. The molecule has 2 aliphatic heterocycles. The molecular weight excluding hydrogens is 376 g/mol. The number of amides is 6. The molecule has 0 aromatic heterocycles. The van der Waals surface area contributed by atoms with Crippen LogP contribution in [0.3, 0.4) is 0 Å². The molecule has 0 bridgehead atoms. The summed E-state index contributed by atoms with van der Waals surface area (Å²) in [5.41, 5.74) is 0.979. The van der Waals surface area contributed by atoms with Gasteiger partial charge in [0.15, 0.2) is 0 Å². The second kappa shape index (κ2) is 7.31. The van der Waals surface area contributed by atoms with E-state index in [1.807, 2.05) is 0 Å². The lowest BCUT2D eigenvalue weighted by molar-refractivity contribution is -0.144. The number of para-hydroxylation sites is 2. The number of hydrogen-bond donors (Lipinski definition) is 1. The van der Waals surface area contributed by atoms with Crippen LogP contribution >= 0.6 is 0 Å². The summed E-state index contributed by atoms with van der Waals surface area (Å²) in [7, 11) is 0. The van der Waals surface area contributed by atoms with E-state index >= 15 is 0 Å². The number of benzene rings is 1. The normalized spacial score (nSPS) is 22.8. The molecule has 1 aromatic carbocycles. The number of anilines is 2. The summed E-state index contributed by atoms with van der Waals surface area (Å²) in [6, 6.07) is 5.37.